The Kier molecular flexibility index (Phi) is 26.3. The van der Waals surface area contributed by atoms with Crippen LogP contribution in [0.15, 0.2) is 87.9 Å². The monoisotopic (exact) mass is 874 g/mol. The van der Waals surface area contributed by atoms with Crippen molar-refractivity contribution in [3.8, 4) is 5.75 Å². The smallest absolute Gasteiger partial charge is 0.251 e. The first kappa shape index (κ1) is 51.0. The van der Waals surface area contributed by atoms with Gasteiger partial charge in [-0.2, -0.15) is 10.2 Å². The normalized spacial score (nSPS) is 11.6. The molecule has 3 rings (SSSR count). The van der Waals surface area contributed by atoms with E-state index in [1.54, 1.807) is 12.1 Å². The average molecular weight is 875 g/mol. The molecule has 0 bridgehead atoms. The SMILES string of the molecule is CN(C)c1ccc(N=Nc2ccc(S(=O)(=O)C(=O)CCCOCCOCCOCCOCCOCCOCCOCCOCCC(=O)NCCc3ccc(O)cc3)cc2)cc1. The lowest BCUT2D eigenvalue weighted by Crippen LogP contribution is -2.26. The van der Waals surface area contributed by atoms with Gasteiger partial charge in [0.05, 0.1) is 115 Å². The summed E-state index contributed by atoms with van der Waals surface area (Å²) in [4.78, 5) is 26.2. The topological polar surface area (TPSA) is 202 Å². The molecule has 0 heterocycles. The summed E-state index contributed by atoms with van der Waals surface area (Å²) in [5.41, 5.74) is 3.20. The predicted molar refractivity (Wildman–Crippen MR) is 229 cm³/mol. The zero-order valence-electron chi connectivity index (χ0n) is 35.4. The van der Waals surface area contributed by atoms with Crippen molar-refractivity contribution in [2.24, 2.45) is 10.2 Å². The van der Waals surface area contributed by atoms with E-state index in [9.17, 15) is 23.1 Å². The van der Waals surface area contributed by atoms with Gasteiger partial charge in [0.25, 0.3) is 5.12 Å². The van der Waals surface area contributed by atoms with Crippen molar-refractivity contribution in [3.05, 3.63) is 78.4 Å². The number of ether oxygens (including phenoxy) is 8. The number of azo groups is 1. The second-order valence-corrected chi connectivity index (χ2v) is 15.4. The Morgan fingerprint density at radius 2 is 0.967 bits per heavy atom. The van der Waals surface area contributed by atoms with Crippen LogP contribution < -0.4 is 10.2 Å². The molecule has 0 aromatic heterocycles. The number of aromatic hydroxyl groups is 1. The summed E-state index contributed by atoms with van der Waals surface area (Å²) < 4.78 is 69.2. The van der Waals surface area contributed by atoms with Crippen LogP contribution in [0.2, 0.25) is 0 Å². The first-order chi connectivity index (χ1) is 29.6. The van der Waals surface area contributed by atoms with Crippen molar-refractivity contribution >= 4 is 37.9 Å². The lowest BCUT2D eigenvalue weighted by Gasteiger charge is -2.11. The van der Waals surface area contributed by atoms with Crippen LogP contribution in [0.25, 0.3) is 0 Å². The highest BCUT2D eigenvalue weighted by atomic mass is 32.2. The number of phenols is 1. The van der Waals surface area contributed by atoms with Crippen molar-refractivity contribution < 1.29 is 61.0 Å². The average Bonchev–Trinajstić information content (AvgIpc) is 3.26. The molecule has 338 valence electrons. The van der Waals surface area contributed by atoms with Gasteiger partial charge >= 0.3 is 0 Å². The quantitative estimate of drug-likeness (QED) is 0.0601. The number of carbonyl (C=O) groups is 2. The van der Waals surface area contributed by atoms with Gasteiger partial charge in [0, 0.05) is 45.8 Å². The van der Waals surface area contributed by atoms with E-state index >= 15 is 0 Å². The van der Waals surface area contributed by atoms with Crippen LogP contribution in [0.3, 0.4) is 0 Å². The number of nitrogens with zero attached hydrogens (tertiary/aromatic N) is 3. The van der Waals surface area contributed by atoms with Crippen molar-refractivity contribution in [2.75, 3.05) is 131 Å². The second kappa shape index (κ2) is 31.5. The van der Waals surface area contributed by atoms with Crippen molar-refractivity contribution in [2.45, 2.75) is 30.6 Å². The van der Waals surface area contributed by atoms with Gasteiger partial charge in [0.15, 0.2) is 0 Å². The third-order valence-corrected chi connectivity index (χ3v) is 10.2. The Hall–Kier alpha value is -4.37. The number of carbonyl (C=O) groups excluding carboxylic acids is 2. The Morgan fingerprint density at radius 3 is 1.41 bits per heavy atom. The minimum Gasteiger partial charge on any atom is -0.508 e. The van der Waals surface area contributed by atoms with Crippen LogP contribution in [-0.4, -0.2) is 151 Å². The Balaban J connectivity index is 1.01. The molecule has 1 amide bonds. The maximum Gasteiger partial charge on any atom is 0.251 e. The van der Waals surface area contributed by atoms with E-state index in [4.69, 9.17) is 37.9 Å². The first-order valence-corrected chi connectivity index (χ1v) is 21.9. The fourth-order valence-electron chi connectivity index (χ4n) is 5.11. The molecule has 0 fully saturated rings. The molecular weight excluding hydrogens is 813 g/mol. The minimum absolute atomic E-state index is 0.0694. The van der Waals surface area contributed by atoms with Crippen molar-refractivity contribution in [1.29, 1.82) is 0 Å². The van der Waals surface area contributed by atoms with Crippen LogP contribution in [0.1, 0.15) is 24.8 Å². The molecule has 3 aromatic carbocycles. The number of hydrogen-bond acceptors (Lipinski definition) is 16. The maximum absolute atomic E-state index is 12.7. The lowest BCUT2D eigenvalue weighted by atomic mass is 10.1. The van der Waals surface area contributed by atoms with Crippen molar-refractivity contribution in [1.82, 2.24) is 5.32 Å². The summed E-state index contributed by atoms with van der Waals surface area (Å²) in [5, 5.41) is 19.6. The molecule has 0 aliphatic rings. The van der Waals surface area contributed by atoms with Crippen LogP contribution in [0, 0.1) is 0 Å². The van der Waals surface area contributed by atoms with Gasteiger partial charge in [-0.1, -0.05) is 12.1 Å². The van der Waals surface area contributed by atoms with E-state index in [1.807, 2.05) is 55.4 Å². The molecule has 0 spiro atoms. The van der Waals surface area contributed by atoms with Gasteiger partial charge in [-0.15, -0.1) is 0 Å². The molecule has 0 radical (unpaired) electrons. The van der Waals surface area contributed by atoms with Gasteiger partial charge in [0.1, 0.15) is 5.75 Å². The summed E-state index contributed by atoms with van der Waals surface area (Å²) in [5.74, 6) is 0.153. The number of nitrogens with one attached hydrogen (secondary N) is 1. The Morgan fingerprint density at radius 1 is 0.557 bits per heavy atom. The van der Waals surface area contributed by atoms with E-state index in [0.29, 0.717) is 123 Å². The second-order valence-electron chi connectivity index (χ2n) is 13.5. The van der Waals surface area contributed by atoms with E-state index in [-0.39, 0.29) is 42.4 Å². The van der Waals surface area contributed by atoms with Crippen LogP contribution in [0.5, 0.6) is 5.75 Å². The fraction of sp³-hybridized carbons (Fsp3) is 0.535. The van der Waals surface area contributed by atoms with Crippen molar-refractivity contribution in [3.63, 3.8) is 0 Å². The van der Waals surface area contributed by atoms with Gasteiger partial charge in [-0.25, -0.2) is 8.42 Å². The summed E-state index contributed by atoms with van der Waals surface area (Å²) in [6, 6.07) is 20.2. The van der Waals surface area contributed by atoms with E-state index < -0.39 is 15.0 Å². The van der Waals surface area contributed by atoms with Gasteiger partial charge in [0.2, 0.25) is 15.7 Å². The molecule has 0 atom stereocenters. The number of sulfone groups is 1. The Labute approximate surface area is 359 Å². The Bertz CT molecular complexity index is 1760. The third kappa shape index (κ3) is 23.4. The number of anilines is 1. The van der Waals surface area contributed by atoms with Gasteiger partial charge in [-0.3, -0.25) is 9.59 Å². The summed E-state index contributed by atoms with van der Waals surface area (Å²) in [6.07, 6.45) is 1.09. The summed E-state index contributed by atoms with van der Waals surface area (Å²) in [7, 11) is -0.225. The highest BCUT2D eigenvalue weighted by Crippen LogP contribution is 2.23. The number of hydrogen-bond donors (Lipinski definition) is 2. The maximum atomic E-state index is 12.7. The predicted octanol–water partition coefficient (Wildman–Crippen LogP) is 4.84. The molecule has 3 aromatic rings. The van der Waals surface area contributed by atoms with Crippen LogP contribution in [0.4, 0.5) is 17.1 Å². The molecule has 0 unspecified atom stereocenters. The van der Waals surface area contributed by atoms with Gasteiger partial charge < -0.3 is 53.2 Å². The zero-order chi connectivity index (χ0) is 43.8. The third-order valence-electron chi connectivity index (χ3n) is 8.51. The van der Waals surface area contributed by atoms with E-state index in [2.05, 4.69) is 15.5 Å². The fourth-order valence-corrected chi connectivity index (χ4v) is 6.28. The number of amides is 1. The highest BCUT2D eigenvalue weighted by Gasteiger charge is 2.24. The largest absolute Gasteiger partial charge is 0.508 e. The standard InChI is InChI=1S/C43H62N4O13S/c1-47(2)39-11-7-37(8-12-39)45-46-38-9-15-41(16-10-38)61(51,52)43(50)4-3-20-53-22-24-55-26-28-57-30-32-59-34-35-60-33-31-58-29-27-56-25-23-54-21-18-42(49)44-19-17-36-5-13-40(48)14-6-36/h5-16,48H,3-4,17-35H2,1-2H3,(H,44,49). The van der Waals surface area contributed by atoms with E-state index in [0.717, 1.165) is 11.3 Å². The summed E-state index contributed by atoms with van der Waals surface area (Å²) in [6.45, 7) is 6.83. The van der Waals surface area contributed by atoms with E-state index in [1.165, 1.54) is 24.3 Å². The molecule has 0 saturated heterocycles. The zero-order valence-corrected chi connectivity index (χ0v) is 36.2. The summed E-state index contributed by atoms with van der Waals surface area (Å²) >= 11 is 0. The first-order valence-electron chi connectivity index (χ1n) is 20.4. The molecule has 0 aliphatic carbocycles. The minimum atomic E-state index is -4.12. The lowest BCUT2D eigenvalue weighted by molar-refractivity contribution is -0.122. The number of benzene rings is 3. The highest BCUT2D eigenvalue weighted by molar-refractivity contribution is 8.06. The molecule has 61 heavy (non-hydrogen) atoms. The molecule has 18 heteroatoms. The molecule has 0 aliphatic heterocycles. The molecule has 17 nitrogen and oxygen atoms in total. The molecule has 2 N–H and O–H groups in total. The van der Waals surface area contributed by atoms with Gasteiger partial charge in [-0.05, 0) is 79.1 Å². The van der Waals surface area contributed by atoms with Crippen LogP contribution >= 0.6 is 0 Å². The number of phenolic OH excluding ortho intramolecular Hbond substituents is 1. The molecule has 0 saturated carbocycles. The molecular formula is C43H62N4O13S. The number of rotatable bonds is 35. The van der Waals surface area contributed by atoms with Crippen LogP contribution in [-0.2, 0) is 63.7 Å².